The number of carbonyl (C=O) groups excluding carboxylic acids is 3. The molecule has 0 saturated heterocycles. The molecule has 0 aliphatic carbocycles. The number of benzene rings is 1. The zero-order valence-electron chi connectivity index (χ0n) is 10.5. The molecule has 0 aliphatic heterocycles. The van der Waals surface area contributed by atoms with Crippen LogP contribution in [0.3, 0.4) is 0 Å². The lowest BCUT2D eigenvalue weighted by Crippen LogP contribution is -2.24. The highest BCUT2D eigenvalue weighted by Crippen LogP contribution is 2.15. The first-order valence-corrected chi connectivity index (χ1v) is 5.59. The Morgan fingerprint density at radius 3 is 1.95 bits per heavy atom. The maximum Gasteiger partial charge on any atom is 0.248 e. The van der Waals surface area contributed by atoms with Gasteiger partial charge in [0.1, 0.15) is 0 Å². The molecule has 0 spiro atoms. The van der Waals surface area contributed by atoms with Gasteiger partial charge in [-0.05, 0) is 25.1 Å². The van der Waals surface area contributed by atoms with Crippen molar-refractivity contribution in [2.45, 2.75) is 19.4 Å². The van der Waals surface area contributed by atoms with Gasteiger partial charge in [-0.15, -0.1) is 0 Å². The van der Waals surface area contributed by atoms with E-state index in [0.717, 1.165) is 0 Å². The lowest BCUT2D eigenvalue weighted by molar-refractivity contribution is -0.116. The molecule has 7 heteroatoms. The fourth-order valence-electron chi connectivity index (χ4n) is 1.49. The minimum Gasteiger partial charge on any atom is -0.366 e. The molecule has 1 atom stereocenters. The quantitative estimate of drug-likeness (QED) is 0.572. The van der Waals surface area contributed by atoms with Crippen molar-refractivity contribution < 1.29 is 14.4 Å². The van der Waals surface area contributed by atoms with E-state index in [9.17, 15) is 14.4 Å². The van der Waals surface area contributed by atoms with E-state index in [1.165, 1.54) is 18.2 Å². The van der Waals surface area contributed by atoms with Crippen LogP contribution in [0.1, 0.15) is 34.1 Å². The highest BCUT2D eigenvalue weighted by atomic mass is 16.2. The van der Waals surface area contributed by atoms with Crippen molar-refractivity contribution >= 4 is 23.4 Å². The van der Waals surface area contributed by atoms with E-state index >= 15 is 0 Å². The Morgan fingerprint density at radius 2 is 1.58 bits per heavy atom. The number of nitrogens with two attached hydrogens (primary N) is 3. The molecule has 0 fully saturated rings. The lowest BCUT2D eigenvalue weighted by atomic mass is 10.1. The molecular weight excluding hydrogens is 248 g/mol. The first kappa shape index (κ1) is 14.7. The lowest BCUT2D eigenvalue weighted by Gasteiger charge is -2.09. The van der Waals surface area contributed by atoms with Gasteiger partial charge in [0.15, 0.2) is 0 Å². The molecule has 1 aromatic carbocycles. The Bertz CT molecular complexity index is 493. The van der Waals surface area contributed by atoms with Crippen molar-refractivity contribution in [3.05, 3.63) is 29.3 Å². The largest absolute Gasteiger partial charge is 0.366 e. The summed E-state index contributed by atoms with van der Waals surface area (Å²) < 4.78 is 0. The first-order chi connectivity index (χ1) is 8.79. The van der Waals surface area contributed by atoms with Gasteiger partial charge in [-0.2, -0.15) is 0 Å². The Kier molecular flexibility index (Phi) is 4.60. The summed E-state index contributed by atoms with van der Waals surface area (Å²) in [7, 11) is 0. The van der Waals surface area contributed by atoms with Crippen LogP contribution < -0.4 is 22.5 Å². The van der Waals surface area contributed by atoms with Gasteiger partial charge in [-0.25, -0.2) is 0 Å². The van der Waals surface area contributed by atoms with E-state index < -0.39 is 11.8 Å². The molecule has 7 N–H and O–H groups in total. The topological polar surface area (TPSA) is 141 Å². The fraction of sp³-hybridized carbons (Fsp3) is 0.250. The zero-order chi connectivity index (χ0) is 14.6. The van der Waals surface area contributed by atoms with Gasteiger partial charge in [-0.1, -0.05) is 0 Å². The van der Waals surface area contributed by atoms with Crippen molar-refractivity contribution in [2.24, 2.45) is 17.2 Å². The van der Waals surface area contributed by atoms with Crippen LogP contribution in [0.5, 0.6) is 0 Å². The van der Waals surface area contributed by atoms with Crippen LogP contribution in [0, 0.1) is 0 Å². The molecular formula is C12H16N4O3. The predicted molar refractivity (Wildman–Crippen MR) is 70.4 cm³/mol. The van der Waals surface area contributed by atoms with E-state index in [1.807, 2.05) is 0 Å². The molecule has 1 rings (SSSR count). The number of hydrogen-bond acceptors (Lipinski definition) is 4. The molecule has 1 unspecified atom stereocenters. The molecule has 19 heavy (non-hydrogen) atoms. The zero-order valence-corrected chi connectivity index (χ0v) is 10.5. The minimum absolute atomic E-state index is 0.0902. The average molecular weight is 264 g/mol. The SMILES string of the molecule is CC(N)CC(=O)Nc1cc(C(N)=O)cc(C(N)=O)c1. The summed E-state index contributed by atoms with van der Waals surface area (Å²) in [4.78, 5) is 33.8. The van der Waals surface area contributed by atoms with Crippen molar-refractivity contribution in [3.63, 3.8) is 0 Å². The van der Waals surface area contributed by atoms with Crippen LogP contribution in [-0.4, -0.2) is 23.8 Å². The van der Waals surface area contributed by atoms with Gasteiger partial charge in [0.05, 0.1) is 0 Å². The second-order valence-corrected chi connectivity index (χ2v) is 4.26. The number of rotatable bonds is 5. The molecule has 0 heterocycles. The predicted octanol–water partition coefficient (Wildman–Crippen LogP) is -0.440. The third-order valence-electron chi connectivity index (χ3n) is 2.29. The molecule has 0 radical (unpaired) electrons. The number of primary amides is 2. The molecule has 0 aliphatic rings. The molecule has 0 bridgehead atoms. The van der Waals surface area contributed by atoms with Crippen LogP contribution in [0.15, 0.2) is 18.2 Å². The standard InChI is InChI=1S/C12H16N4O3/c1-6(13)2-10(17)16-9-4-7(11(14)18)3-8(5-9)12(15)19/h3-6H,2,13H2,1H3,(H2,14,18)(H2,15,19)(H,16,17). The molecule has 7 nitrogen and oxygen atoms in total. The average Bonchev–Trinajstić information content (AvgIpc) is 2.26. The van der Waals surface area contributed by atoms with E-state index in [1.54, 1.807) is 6.92 Å². The molecule has 102 valence electrons. The van der Waals surface area contributed by atoms with E-state index in [0.29, 0.717) is 0 Å². The molecule has 0 saturated carbocycles. The van der Waals surface area contributed by atoms with Gasteiger partial charge in [0.2, 0.25) is 17.7 Å². The van der Waals surface area contributed by atoms with Crippen molar-refractivity contribution in [2.75, 3.05) is 5.32 Å². The molecule has 3 amide bonds. The number of amides is 3. The first-order valence-electron chi connectivity index (χ1n) is 5.59. The van der Waals surface area contributed by atoms with Crippen LogP contribution in [0.2, 0.25) is 0 Å². The maximum absolute atomic E-state index is 11.6. The normalized spacial score (nSPS) is 11.7. The maximum atomic E-state index is 11.6. The van der Waals surface area contributed by atoms with Crippen LogP contribution in [-0.2, 0) is 4.79 Å². The molecule has 0 aromatic heterocycles. The van der Waals surface area contributed by atoms with Gasteiger partial charge in [-0.3, -0.25) is 14.4 Å². The van der Waals surface area contributed by atoms with Gasteiger partial charge in [0, 0.05) is 29.3 Å². The Labute approximate surface area is 110 Å². The Balaban J connectivity index is 3.03. The van der Waals surface area contributed by atoms with Crippen molar-refractivity contribution in [3.8, 4) is 0 Å². The number of anilines is 1. The third kappa shape index (κ3) is 4.40. The van der Waals surface area contributed by atoms with Gasteiger partial charge in [0.25, 0.3) is 0 Å². The van der Waals surface area contributed by atoms with E-state index in [-0.39, 0.29) is 35.2 Å². The summed E-state index contributed by atoms with van der Waals surface area (Å²) in [5.41, 5.74) is 16.2. The Morgan fingerprint density at radius 1 is 1.11 bits per heavy atom. The Hall–Kier alpha value is -2.41. The minimum atomic E-state index is -0.717. The van der Waals surface area contributed by atoms with E-state index in [4.69, 9.17) is 17.2 Å². The molecule has 1 aromatic rings. The fourth-order valence-corrected chi connectivity index (χ4v) is 1.49. The summed E-state index contributed by atoms with van der Waals surface area (Å²) in [6.45, 7) is 1.69. The second kappa shape index (κ2) is 5.96. The highest BCUT2D eigenvalue weighted by Gasteiger charge is 2.11. The summed E-state index contributed by atoms with van der Waals surface area (Å²) in [6.07, 6.45) is 0.118. The monoisotopic (exact) mass is 264 g/mol. The summed E-state index contributed by atoms with van der Waals surface area (Å²) in [5.74, 6) is -1.76. The third-order valence-corrected chi connectivity index (χ3v) is 2.29. The summed E-state index contributed by atoms with van der Waals surface area (Å²) in [5, 5.41) is 2.53. The van der Waals surface area contributed by atoms with E-state index in [2.05, 4.69) is 5.32 Å². The van der Waals surface area contributed by atoms with Crippen LogP contribution in [0.4, 0.5) is 5.69 Å². The summed E-state index contributed by atoms with van der Waals surface area (Å²) >= 11 is 0. The summed E-state index contributed by atoms with van der Waals surface area (Å²) in [6, 6.07) is 3.71. The van der Waals surface area contributed by atoms with Gasteiger partial charge >= 0.3 is 0 Å². The van der Waals surface area contributed by atoms with Crippen LogP contribution in [0.25, 0.3) is 0 Å². The highest BCUT2D eigenvalue weighted by molar-refractivity contribution is 6.01. The van der Waals surface area contributed by atoms with Gasteiger partial charge < -0.3 is 22.5 Å². The number of nitrogens with one attached hydrogen (secondary N) is 1. The van der Waals surface area contributed by atoms with Crippen molar-refractivity contribution in [1.29, 1.82) is 0 Å². The van der Waals surface area contributed by atoms with Crippen molar-refractivity contribution in [1.82, 2.24) is 0 Å². The number of carbonyl (C=O) groups is 3. The smallest absolute Gasteiger partial charge is 0.248 e. The second-order valence-electron chi connectivity index (χ2n) is 4.26. The number of hydrogen-bond donors (Lipinski definition) is 4. The van der Waals surface area contributed by atoms with Crippen LogP contribution >= 0.6 is 0 Å².